The standard InChI is InChI=1S/C14H14N2O2/c1-8(2)12-5-6-13(18-12)9-3-4-10-11(7-9)16-14(17)15-10/h3-8H,1-2H3,(H2,15,16,17). The maximum absolute atomic E-state index is 11.2. The van der Waals surface area contributed by atoms with Crippen molar-refractivity contribution in [1.82, 2.24) is 9.97 Å². The summed E-state index contributed by atoms with van der Waals surface area (Å²) in [6, 6.07) is 9.68. The van der Waals surface area contributed by atoms with E-state index in [0.29, 0.717) is 5.92 Å². The number of hydrogen-bond donors (Lipinski definition) is 2. The average Bonchev–Trinajstić information content (AvgIpc) is 2.91. The van der Waals surface area contributed by atoms with Crippen molar-refractivity contribution >= 4 is 11.0 Å². The number of hydrogen-bond acceptors (Lipinski definition) is 2. The number of rotatable bonds is 2. The lowest BCUT2D eigenvalue weighted by atomic mass is 10.1. The van der Waals surface area contributed by atoms with Crippen LogP contribution in [0.15, 0.2) is 39.5 Å². The Morgan fingerprint density at radius 2 is 1.83 bits per heavy atom. The molecule has 2 N–H and O–H groups in total. The van der Waals surface area contributed by atoms with Gasteiger partial charge in [-0.25, -0.2) is 4.79 Å². The molecule has 0 atom stereocenters. The number of H-pyrrole nitrogens is 2. The quantitative estimate of drug-likeness (QED) is 0.724. The van der Waals surface area contributed by atoms with Crippen molar-refractivity contribution in [3.63, 3.8) is 0 Å². The zero-order chi connectivity index (χ0) is 12.7. The summed E-state index contributed by atoms with van der Waals surface area (Å²) >= 11 is 0. The van der Waals surface area contributed by atoms with Crippen LogP contribution in [0.2, 0.25) is 0 Å². The van der Waals surface area contributed by atoms with Gasteiger partial charge in [-0.1, -0.05) is 13.8 Å². The first kappa shape index (κ1) is 10.9. The van der Waals surface area contributed by atoms with Crippen LogP contribution in [0.25, 0.3) is 22.4 Å². The molecule has 3 aromatic rings. The minimum Gasteiger partial charge on any atom is -0.461 e. The van der Waals surface area contributed by atoms with Gasteiger partial charge in [0, 0.05) is 11.5 Å². The van der Waals surface area contributed by atoms with Crippen LogP contribution in [-0.4, -0.2) is 9.97 Å². The van der Waals surface area contributed by atoms with Crippen molar-refractivity contribution < 1.29 is 4.42 Å². The minimum absolute atomic E-state index is 0.190. The molecule has 0 unspecified atom stereocenters. The van der Waals surface area contributed by atoms with Gasteiger partial charge >= 0.3 is 5.69 Å². The van der Waals surface area contributed by atoms with Gasteiger partial charge in [0.25, 0.3) is 0 Å². The van der Waals surface area contributed by atoms with Crippen molar-refractivity contribution in [2.24, 2.45) is 0 Å². The number of benzene rings is 1. The van der Waals surface area contributed by atoms with E-state index in [1.54, 1.807) is 0 Å². The van der Waals surface area contributed by atoms with Gasteiger partial charge in [-0.3, -0.25) is 0 Å². The van der Waals surface area contributed by atoms with E-state index in [1.807, 2.05) is 30.3 Å². The summed E-state index contributed by atoms with van der Waals surface area (Å²) in [4.78, 5) is 16.7. The lowest BCUT2D eigenvalue weighted by Gasteiger charge is -2.00. The Bertz CT molecular complexity index is 746. The first-order valence-corrected chi connectivity index (χ1v) is 5.95. The third kappa shape index (κ3) is 1.76. The maximum Gasteiger partial charge on any atom is 0.323 e. The lowest BCUT2D eigenvalue weighted by Crippen LogP contribution is -1.99. The minimum atomic E-state index is -0.190. The number of fused-ring (bicyclic) bond motifs is 1. The molecule has 1 aromatic carbocycles. The second-order valence-corrected chi connectivity index (χ2v) is 4.70. The van der Waals surface area contributed by atoms with Crippen LogP contribution in [0.1, 0.15) is 25.5 Å². The molecule has 18 heavy (non-hydrogen) atoms. The third-order valence-electron chi connectivity index (χ3n) is 3.00. The SMILES string of the molecule is CC(C)c1ccc(-c2ccc3[nH]c(=O)[nH]c3c2)o1. The van der Waals surface area contributed by atoms with Gasteiger partial charge in [0.05, 0.1) is 11.0 Å². The fourth-order valence-corrected chi connectivity index (χ4v) is 2.00. The van der Waals surface area contributed by atoms with E-state index in [-0.39, 0.29) is 5.69 Å². The fraction of sp³-hybridized carbons (Fsp3) is 0.214. The molecule has 2 heterocycles. The smallest absolute Gasteiger partial charge is 0.323 e. The van der Waals surface area contributed by atoms with Crippen LogP contribution in [0.5, 0.6) is 0 Å². The predicted octanol–water partition coefficient (Wildman–Crippen LogP) is 3.24. The molecule has 2 aromatic heterocycles. The second-order valence-electron chi connectivity index (χ2n) is 4.70. The fourth-order valence-electron chi connectivity index (χ4n) is 2.00. The highest BCUT2D eigenvalue weighted by molar-refractivity contribution is 5.80. The monoisotopic (exact) mass is 242 g/mol. The van der Waals surface area contributed by atoms with Crippen LogP contribution >= 0.6 is 0 Å². The zero-order valence-electron chi connectivity index (χ0n) is 10.3. The maximum atomic E-state index is 11.2. The molecule has 0 aliphatic carbocycles. The molecule has 0 fully saturated rings. The summed E-state index contributed by atoms with van der Waals surface area (Å²) in [5.41, 5.74) is 2.37. The highest BCUT2D eigenvalue weighted by Crippen LogP contribution is 2.27. The molecule has 0 saturated carbocycles. The van der Waals surface area contributed by atoms with E-state index < -0.39 is 0 Å². The Kier molecular flexibility index (Phi) is 2.37. The Labute approximate surface area is 104 Å². The number of furan rings is 1. The molecular weight excluding hydrogens is 228 g/mol. The Morgan fingerprint density at radius 3 is 2.56 bits per heavy atom. The summed E-state index contributed by atoms with van der Waals surface area (Å²) in [6.45, 7) is 4.19. The molecule has 3 rings (SSSR count). The van der Waals surface area contributed by atoms with Crippen LogP contribution in [0.3, 0.4) is 0 Å². The molecule has 4 nitrogen and oxygen atoms in total. The predicted molar refractivity (Wildman–Crippen MR) is 70.7 cm³/mol. The van der Waals surface area contributed by atoms with Crippen LogP contribution in [0.4, 0.5) is 0 Å². The molecule has 92 valence electrons. The molecule has 0 amide bonds. The van der Waals surface area contributed by atoms with E-state index in [9.17, 15) is 4.79 Å². The molecule has 0 radical (unpaired) electrons. The third-order valence-corrected chi connectivity index (χ3v) is 3.00. The first-order valence-electron chi connectivity index (χ1n) is 5.95. The number of imidazole rings is 1. The lowest BCUT2D eigenvalue weighted by molar-refractivity contribution is 0.498. The largest absolute Gasteiger partial charge is 0.461 e. The van der Waals surface area contributed by atoms with Gasteiger partial charge in [0.1, 0.15) is 11.5 Å². The molecule has 0 bridgehead atoms. The van der Waals surface area contributed by atoms with E-state index in [1.165, 1.54) is 0 Å². The van der Waals surface area contributed by atoms with Crippen molar-refractivity contribution in [2.75, 3.05) is 0 Å². The van der Waals surface area contributed by atoms with Crippen molar-refractivity contribution in [3.8, 4) is 11.3 Å². The highest BCUT2D eigenvalue weighted by atomic mass is 16.3. The van der Waals surface area contributed by atoms with Crippen LogP contribution < -0.4 is 5.69 Å². The van der Waals surface area contributed by atoms with E-state index >= 15 is 0 Å². The van der Waals surface area contributed by atoms with Crippen molar-refractivity contribution in [3.05, 3.63) is 46.6 Å². The second kappa shape index (κ2) is 3.91. The summed E-state index contributed by atoms with van der Waals surface area (Å²) in [7, 11) is 0. The Morgan fingerprint density at radius 1 is 1.06 bits per heavy atom. The Hall–Kier alpha value is -2.23. The van der Waals surface area contributed by atoms with E-state index in [0.717, 1.165) is 28.1 Å². The van der Waals surface area contributed by atoms with Gasteiger partial charge in [-0.15, -0.1) is 0 Å². The number of aromatic nitrogens is 2. The highest BCUT2D eigenvalue weighted by Gasteiger charge is 2.08. The van der Waals surface area contributed by atoms with E-state index in [2.05, 4.69) is 23.8 Å². The summed E-state index contributed by atoms with van der Waals surface area (Å²) < 4.78 is 5.78. The van der Waals surface area contributed by atoms with Gasteiger partial charge < -0.3 is 14.4 Å². The molecular formula is C14H14N2O2. The van der Waals surface area contributed by atoms with Crippen molar-refractivity contribution in [2.45, 2.75) is 19.8 Å². The topological polar surface area (TPSA) is 61.8 Å². The molecule has 0 aliphatic heterocycles. The average molecular weight is 242 g/mol. The van der Waals surface area contributed by atoms with Gasteiger partial charge in [-0.2, -0.15) is 0 Å². The van der Waals surface area contributed by atoms with Crippen molar-refractivity contribution in [1.29, 1.82) is 0 Å². The summed E-state index contributed by atoms with van der Waals surface area (Å²) in [5, 5.41) is 0. The van der Waals surface area contributed by atoms with Crippen LogP contribution in [0, 0.1) is 0 Å². The number of aromatic amines is 2. The molecule has 4 heteroatoms. The molecule has 0 spiro atoms. The molecule has 0 aliphatic rings. The van der Waals surface area contributed by atoms with E-state index in [4.69, 9.17) is 4.42 Å². The zero-order valence-corrected chi connectivity index (χ0v) is 10.3. The van der Waals surface area contributed by atoms with Gasteiger partial charge in [-0.05, 0) is 30.3 Å². The van der Waals surface area contributed by atoms with Crippen LogP contribution in [-0.2, 0) is 0 Å². The van der Waals surface area contributed by atoms with Gasteiger partial charge in [0.2, 0.25) is 0 Å². The first-order chi connectivity index (χ1) is 8.63. The summed E-state index contributed by atoms with van der Waals surface area (Å²) in [6.07, 6.45) is 0. The summed E-state index contributed by atoms with van der Waals surface area (Å²) in [5.74, 6) is 2.16. The van der Waals surface area contributed by atoms with Gasteiger partial charge in [0.15, 0.2) is 0 Å². The molecule has 0 saturated heterocycles. The Balaban J connectivity index is 2.09. The normalized spacial score (nSPS) is 11.5. The number of nitrogens with one attached hydrogen (secondary N) is 2.